The van der Waals surface area contributed by atoms with Crippen LogP contribution in [-0.2, 0) is 6.54 Å². The maximum absolute atomic E-state index is 5.41. The van der Waals surface area contributed by atoms with Gasteiger partial charge in [-0.15, -0.1) is 11.3 Å². The second-order valence-electron chi connectivity index (χ2n) is 5.87. The number of anilines is 1. The molecule has 1 aliphatic heterocycles. The lowest BCUT2D eigenvalue weighted by Gasteiger charge is -2.15. The summed E-state index contributed by atoms with van der Waals surface area (Å²) in [5.74, 6) is 1.34. The van der Waals surface area contributed by atoms with Gasteiger partial charge in [-0.3, -0.25) is 4.90 Å². The fourth-order valence-corrected chi connectivity index (χ4v) is 4.26. The van der Waals surface area contributed by atoms with Gasteiger partial charge in [-0.05, 0) is 40.5 Å². The van der Waals surface area contributed by atoms with Crippen molar-refractivity contribution in [1.29, 1.82) is 0 Å². The Morgan fingerprint density at radius 1 is 1.33 bits per heavy atom. The molecule has 4 rings (SSSR count). The molecule has 1 aromatic carbocycles. The molecule has 0 aliphatic carbocycles. The van der Waals surface area contributed by atoms with Crippen LogP contribution < -0.4 is 5.32 Å². The Morgan fingerprint density at radius 3 is 3.00 bits per heavy atom. The molecule has 0 radical (unpaired) electrons. The van der Waals surface area contributed by atoms with Gasteiger partial charge in [0.25, 0.3) is 0 Å². The summed E-state index contributed by atoms with van der Waals surface area (Å²) in [4.78, 5) is 7.88. The van der Waals surface area contributed by atoms with Crippen LogP contribution in [-0.4, -0.2) is 34.2 Å². The van der Waals surface area contributed by atoms with Gasteiger partial charge in [-0.25, -0.2) is 0 Å². The second-order valence-corrected chi connectivity index (χ2v) is 7.70. The molecule has 1 fully saturated rings. The van der Waals surface area contributed by atoms with Gasteiger partial charge in [0.05, 0.1) is 11.4 Å². The van der Waals surface area contributed by atoms with Gasteiger partial charge in [0.1, 0.15) is 0 Å². The molecule has 1 atom stereocenters. The minimum atomic E-state index is 0.461. The molecule has 24 heavy (non-hydrogen) atoms. The van der Waals surface area contributed by atoms with Gasteiger partial charge in [0, 0.05) is 34.7 Å². The number of hydrogen-bond acceptors (Lipinski definition) is 6. The van der Waals surface area contributed by atoms with E-state index in [1.165, 1.54) is 5.69 Å². The molecule has 0 amide bonds. The van der Waals surface area contributed by atoms with Crippen LogP contribution in [0.4, 0.5) is 5.69 Å². The lowest BCUT2D eigenvalue weighted by molar-refractivity contribution is 0.266. The Balaban J connectivity index is 1.34. The van der Waals surface area contributed by atoms with E-state index in [9.17, 15) is 0 Å². The van der Waals surface area contributed by atoms with Crippen molar-refractivity contribution in [2.45, 2.75) is 19.0 Å². The second kappa shape index (κ2) is 7.04. The van der Waals surface area contributed by atoms with E-state index in [1.807, 2.05) is 17.5 Å². The number of halogens is 1. The van der Waals surface area contributed by atoms with Crippen molar-refractivity contribution in [3.8, 4) is 10.7 Å². The molecule has 0 spiro atoms. The molecule has 2 aromatic heterocycles. The Kier molecular flexibility index (Phi) is 4.64. The Bertz CT molecular complexity index is 804. The first kappa shape index (κ1) is 15.8. The largest absolute Gasteiger partial charge is 0.381 e. The smallest absolute Gasteiger partial charge is 0.241 e. The highest BCUT2D eigenvalue weighted by molar-refractivity contribution is 9.10. The van der Waals surface area contributed by atoms with E-state index in [4.69, 9.17) is 4.52 Å². The highest BCUT2D eigenvalue weighted by Crippen LogP contribution is 2.28. The summed E-state index contributed by atoms with van der Waals surface area (Å²) in [6, 6.07) is 12.8. The molecule has 5 nitrogen and oxygen atoms in total. The van der Waals surface area contributed by atoms with Crippen molar-refractivity contribution in [3.05, 3.63) is 52.1 Å². The lowest BCUT2D eigenvalue weighted by Crippen LogP contribution is -2.26. The van der Waals surface area contributed by atoms with Crippen LogP contribution in [0.2, 0.25) is 0 Å². The highest BCUT2D eigenvalue weighted by Gasteiger charge is 2.24. The maximum atomic E-state index is 5.41. The zero-order valence-electron chi connectivity index (χ0n) is 13.0. The van der Waals surface area contributed by atoms with Gasteiger partial charge >= 0.3 is 0 Å². The van der Waals surface area contributed by atoms with Gasteiger partial charge in [-0.1, -0.05) is 23.4 Å². The SMILES string of the molecule is Brc1csc(-c2noc(CN3CCC(Nc4ccccc4)C3)n2)c1. The van der Waals surface area contributed by atoms with Gasteiger partial charge in [0.2, 0.25) is 11.7 Å². The van der Waals surface area contributed by atoms with Crippen molar-refractivity contribution in [1.82, 2.24) is 15.0 Å². The Morgan fingerprint density at radius 2 is 2.21 bits per heavy atom. The van der Waals surface area contributed by atoms with Crippen LogP contribution in [0, 0.1) is 0 Å². The number of likely N-dealkylation sites (tertiary alicyclic amines) is 1. The number of para-hydroxylation sites is 1. The van der Waals surface area contributed by atoms with Crippen LogP contribution in [0.1, 0.15) is 12.3 Å². The summed E-state index contributed by atoms with van der Waals surface area (Å²) < 4.78 is 6.46. The van der Waals surface area contributed by atoms with Crippen molar-refractivity contribution in [3.63, 3.8) is 0 Å². The normalized spacial score (nSPS) is 18.1. The molecule has 3 heterocycles. The van der Waals surface area contributed by atoms with Crippen molar-refractivity contribution in [2.24, 2.45) is 0 Å². The third kappa shape index (κ3) is 3.68. The van der Waals surface area contributed by atoms with Crippen molar-refractivity contribution < 1.29 is 4.52 Å². The van der Waals surface area contributed by atoms with Crippen molar-refractivity contribution >= 4 is 33.0 Å². The quantitative estimate of drug-likeness (QED) is 0.688. The number of nitrogens with zero attached hydrogens (tertiary/aromatic N) is 3. The van der Waals surface area contributed by atoms with E-state index in [1.54, 1.807) is 11.3 Å². The molecular formula is C17H17BrN4OS. The first-order valence-corrected chi connectivity index (χ1v) is 9.54. The van der Waals surface area contributed by atoms with Crippen LogP contribution in [0.3, 0.4) is 0 Å². The monoisotopic (exact) mass is 404 g/mol. The summed E-state index contributed by atoms with van der Waals surface area (Å²) in [5, 5.41) is 9.69. The van der Waals surface area contributed by atoms with Gasteiger partial charge < -0.3 is 9.84 Å². The number of thiophene rings is 1. The van der Waals surface area contributed by atoms with Crippen LogP contribution >= 0.6 is 27.3 Å². The average molecular weight is 405 g/mol. The summed E-state index contributed by atoms with van der Waals surface area (Å²) in [5.41, 5.74) is 1.17. The molecule has 0 bridgehead atoms. The van der Waals surface area contributed by atoms with E-state index in [0.29, 0.717) is 24.3 Å². The van der Waals surface area contributed by atoms with E-state index in [0.717, 1.165) is 28.9 Å². The third-order valence-electron chi connectivity index (χ3n) is 4.03. The number of rotatable bonds is 5. The molecule has 1 aliphatic rings. The lowest BCUT2D eigenvalue weighted by atomic mass is 10.2. The molecule has 1 unspecified atom stereocenters. The minimum Gasteiger partial charge on any atom is -0.381 e. The zero-order valence-corrected chi connectivity index (χ0v) is 15.4. The van der Waals surface area contributed by atoms with E-state index in [2.05, 4.69) is 60.6 Å². The summed E-state index contributed by atoms with van der Waals surface area (Å²) >= 11 is 5.05. The highest BCUT2D eigenvalue weighted by atomic mass is 79.9. The summed E-state index contributed by atoms with van der Waals surface area (Å²) in [7, 11) is 0. The molecule has 7 heteroatoms. The molecule has 0 saturated carbocycles. The van der Waals surface area contributed by atoms with E-state index < -0.39 is 0 Å². The first-order chi connectivity index (χ1) is 11.8. The minimum absolute atomic E-state index is 0.461. The number of nitrogens with one attached hydrogen (secondary N) is 1. The van der Waals surface area contributed by atoms with Gasteiger partial charge in [0.15, 0.2) is 0 Å². The topological polar surface area (TPSA) is 54.2 Å². The maximum Gasteiger partial charge on any atom is 0.241 e. The van der Waals surface area contributed by atoms with E-state index >= 15 is 0 Å². The fraction of sp³-hybridized carbons (Fsp3) is 0.294. The van der Waals surface area contributed by atoms with Crippen molar-refractivity contribution in [2.75, 3.05) is 18.4 Å². The number of hydrogen-bond donors (Lipinski definition) is 1. The average Bonchev–Trinajstić information content (AvgIpc) is 3.31. The van der Waals surface area contributed by atoms with Crippen LogP contribution in [0.5, 0.6) is 0 Å². The number of benzene rings is 1. The molecule has 124 valence electrons. The Hall–Kier alpha value is -1.70. The van der Waals surface area contributed by atoms with Crippen LogP contribution in [0.25, 0.3) is 10.7 Å². The summed E-state index contributed by atoms with van der Waals surface area (Å²) in [6.45, 7) is 2.72. The predicted molar refractivity (Wildman–Crippen MR) is 99.1 cm³/mol. The number of aromatic nitrogens is 2. The Labute approximate surface area is 152 Å². The molecule has 3 aromatic rings. The summed E-state index contributed by atoms with van der Waals surface area (Å²) in [6.07, 6.45) is 1.12. The first-order valence-electron chi connectivity index (χ1n) is 7.87. The third-order valence-corrected chi connectivity index (χ3v) is 5.72. The molecule has 1 N–H and O–H groups in total. The molecular weight excluding hydrogens is 388 g/mol. The zero-order chi connectivity index (χ0) is 16.4. The van der Waals surface area contributed by atoms with E-state index in [-0.39, 0.29) is 0 Å². The predicted octanol–water partition coefficient (Wildman–Crippen LogP) is 4.25. The molecule has 1 saturated heterocycles. The van der Waals surface area contributed by atoms with Gasteiger partial charge in [-0.2, -0.15) is 4.98 Å². The fourth-order valence-electron chi connectivity index (χ4n) is 2.90. The van der Waals surface area contributed by atoms with Crippen LogP contribution in [0.15, 0.2) is 50.8 Å². The standard InChI is InChI=1S/C17H17BrN4OS/c18-12-8-15(24-11-12)17-20-16(23-21-17)10-22-7-6-14(9-22)19-13-4-2-1-3-5-13/h1-5,8,11,14,19H,6-7,9-10H2.